The smallest absolute Gasteiger partial charge is 0.263 e. The number of carbonyl (C=O) groups excluding carboxylic acids is 1. The van der Waals surface area contributed by atoms with Crippen molar-refractivity contribution >= 4 is 22.4 Å². The predicted octanol–water partition coefficient (Wildman–Crippen LogP) is 4.61. The Morgan fingerprint density at radius 2 is 2.00 bits per heavy atom. The molecule has 31 heavy (non-hydrogen) atoms. The summed E-state index contributed by atoms with van der Waals surface area (Å²) in [6.45, 7) is 8.28. The zero-order chi connectivity index (χ0) is 22.0. The van der Waals surface area contributed by atoms with Gasteiger partial charge in [-0.15, -0.1) is 0 Å². The van der Waals surface area contributed by atoms with Crippen molar-refractivity contribution in [2.75, 3.05) is 31.1 Å². The zero-order valence-electron chi connectivity index (χ0n) is 18.1. The molecule has 2 atom stereocenters. The van der Waals surface area contributed by atoms with E-state index in [1.807, 2.05) is 0 Å². The lowest BCUT2D eigenvalue weighted by atomic mass is 9.95. The Bertz CT molecular complexity index is 913. The van der Waals surface area contributed by atoms with Gasteiger partial charge >= 0.3 is 0 Å². The van der Waals surface area contributed by atoms with Gasteiger partial charge in [-0.1, -0.05) is 18.3 Å². The fourth-order valence-corrected chi connectivity index (χ4v) is 5.56. The number of likely N-dealkylation sites (tertiary alicyclic amines) is 1. The lowest BCUT2D eigenvalue weighted by Crippen LogP contribution is -2.48. The third-order valence-corrected chi connectivity index (χ3v) is 7.49. The minimum absolute atomic E-state index is 0.132. The van der Waals surface area contributed by atoms with Crippen LogP contribution in [0.2, 0.25) is 0 Å². The molecule has 1 aromatic carbocycles. The fourth-order valence-electron chi connectivity index (χ4n) is 4.69. The predicted molar refractivity (Wildman–Crippen MR) is 120 cm³/mol. The second-order valence-electron chi connectivity index (χ2n) is 8.83. The number of amides is 1. The molecule has 1 aromatic heterocycles. The minimum atomic E-state index is -0.642. The van der Waals surface area contributed by atoms with E-state index >= 15 is 0 Å². The number of piperidine rings is 2. The molecule has 2 aliphatic rings. The molecule has 8 heteroatoms. The van der Waals surface area contributed by atoms with Crippen LogP contribution in [0.25, 0.3) is 0 Å². The fraction of sp³-hybridized carbons (Fsp3) is 0.565. The number of thiazole rings is 1. The quantitative estimate of drug-likeness (QED) is 0.726. The average Bonchev–Trinajstić information content (AvgIpc) is 3.26. The van der Waals surface area contributed by atoms with Crippen LogP contribution in [0.1, 0.15) is 60.8 Å². The highest BCUT2D eigenvalue weighted by Crippen LogP contribution is 2.29. The Kier molecular flexibility index (Phi) is 6.86. The number of carbonyl (C=O) groups is 1. The van der Waals surface area contributed by atoms with Crippen molar-refractivity contribution in [2.45, 2.75) is 51.6 Å². The molecule has 0 saturated carbocycles. The van der Waals surface area contributed by atoms with Crippen molar-refractivity contribution in [3.8, 4) is 0 Å². The minimum Gasteiger partial charge on any atom is -0.348 e. The van der Waals surface area contributed by atoms with E-state index in [1.54, 1.807) is 13.1 Å². The maximum atomic E-state index is 14.0. The van der Waals surface area contributed by atoms with Crippen LogP contribution in [-0.4, -0.2) is 48.0 Å². The van der Waals surface area contributed by atoms with E-state index in [0.717, 1.165) is 55.2 Å². The summed E-state index contributed by atoms with van der Waals surface area (Å²) >= 11 is 1.35. The highest BCUT2D eigenvalue weighted by molar-refractivity contribution is 7.17. The van der Waals surface area contributed by atoms with E-state index < -0.39 is 17.7 Å². The largest absolute Gasteiger partial charge is 0.348 e. The van der Waals surface area contributed by atoms with Crippen molar-refractivity contribution in [1.82, 2.24) is 15.2 Å². The molecule has 1 unspecified atom stereocenters. The van der Waals surface area contributed by atoms with Crippen molar-refractivity contribution in [1.29, 1.82) is 0 Å². The van der Waals surface area contributed by atoms with Gasteiger partial charge in [-0.3, -0.25) is 9.69 Å². The summed E-state index contributed by atoms with van der Waals surface area (Å²) in [5.41, 5.74) is 0.132. The molecule has 0 spiro atoms. The molecule has 3 heterocycles. The average molecular weight is 449 g/mol. The topological polar surface area (TPSA) is 48.5 Å². The van der Waals surface area contributed by atoms with Crippen LogP contribution in [-0.2, 0) is 0 Å². The number of aromatic nitrogens is 1. The monoisotopic (exact) mass is 448 g/mol. The molecular formula is C23H30F2N4OS. The first-order valence-electron chi connectivity index (χ1n) is 11.1. The molecule has 2 aliphatic heterocycles. The highest BCUT2D eigenvalue weighted by atomic mass is 32.1. The van der Waals surface area contributed by atoms with E-state index in [4.69, 9.17) is 0 Å². The van der Waals surface area contributed by atoms with Gasteiger partial charge in [0.1, 0.15) is 16.5 Å². The van der Waals surface area contributed by atoms with Gasteiger partial charge in [0.05, 0.1) is 12.2 Å². The lowest BCUT2D eigenvalue weighted by Gasteiger charge is -2.41. The molecule has 1 N–H and O–H groups in total. The summed E-state index contributed by atoms with van der Waals surface area (Å²) in [5.74, 6) is -0.600. The number of nitrogens with one attached hydrogen (secondary N) is 1. The van der Waals surface area contributed by atoms with Crippen LogP contribution >= 0.6 is 11.3 Å². The van der Waals surface area contributed by atoms with Crippen molar-refractivity contribution in [3.05, 3.63) is 46.5 Å². The molecule has 168 valence electrons. The molecular weight excluding hydrogens is 418 g/mol. The van der Waals surface area contributed by atoms with Gasteiger partial charge in [0.15, 0.2) is 5.13 Å². The van der Waals surface area contributed by atoms with E-state index in [0.29, 0.717) is 10.9 Å². The van der Waals surface area contributed by atoms with Crippen molar-refractivity contribution < 1.29 is 13.6 Å². The third-order valence-electron chi connectivity index (χ3n) is 6.43. The van der Waals surface area contributed by atoms with Crippen LogP contribution < -0.4 is 10.2 Å². The van der Waals surface area contributed by atoms with Crippen molar-refractivity contribution in [3.63, 3.8) is 0 Å². The number of nitrogens with zero attached hydrogens (tertiary/aromatic N) is 3. The van der Waals surface area contributed by atoms with Crippen LogP contribution in [0, 0.1) is 17.6 Å². The van der Waals surface area contributed by atoms with Crippen LogP contribution in [0.15, 0.2) is 24.4 Å². The number of hydrogen-bond donors (Lipinski definition) is 1. The first-order chi connectivity index (χ1) is 14.9. The second kappa shape index (κ2) is 9.61. The number of rotatable bonds is 5. The molecule has 0 bridgehead atoms. The van der Waals surface area contributed by atoms with Gasteiger partial charge < -0.3 is 10.2 Å². The molecule has 0 radical (unpaired) electrons. The SMILES string of the molecule is CC(NC(=O)c1cnc(N2CCC(N3CCC[C@@H](C)C3)CC2)s1)c1cc(F)ccc1F. The number of halogens is 2. The Morgan fingerprint density at radius 1 is 1.23 bits per heavy atom. The van der Waals surface area contributed by atoms with Gasteiger partial charge in [0, 0.05) is 31.2 Å². The molecule has 0 aliphatic carbocycles. The van der Waals surface area contributed by atoms with E-state index in [9.17, 15) is 13.6 Å². The Balaban J connectivity index is 1.33. The van der Waals surface area contributed by atoms with E-state index in [1.165, 1.54) is 37.3 Å². The summed E-state index contributed by atoms with van der Waals surface area (Å²) in [5, 5.41) is 3.60. The van der Waals surface area contributed by atoms with E-state index in [-0.39, 0.29) is 11.5 Å². The summed E-state index contributed by atoms with van der Waals surface area (Å²) < 4.78 is 27.4. The molecule has 2 fully saturated rings. The third kappa shape index (κ3) is 5.23. The maximum absolute atomic E-state index is 14.0. The molecule has 1 amide bonds. The second-order valence-corrected chi connectivity index (χ2v) is 9.84. The standard InChI is InChI=1S/C23H30F2N4OS/c1-15-4-3-9-29(14-15)18-7-10-28(11-8-18)23-26-13-21(31-23)22(30)27-16(2)19-12-17(24)5-6-20(19)25/h5-6,12-13,15-16,18H,3-4,7-11,14H2,1-2H3,(H,27,30)/t15-,16?/m1/s1. The van der Waals surface area contributed by atoms with Crippen LogP contribution in [0.4, 0.5) is 13.9 Å². The number of anilines is 1. The first kappa shape index (κ1) is 22.1. The summed E-state index contributed by atoms with van der Waals surface area (Å²) in [6.07, 6.45) is 6.43. The Morgan fingerprint density at radius 3 is 2.74 bits per heavy atom. The molecule has 4 rings (SSSR count). The zero-order valence-corrected chi connectivity index (χ0v) is 18.9. The summed E-state index contributed by atoms with van der Waals surface area (Å²) in [7, 11) is 0. The molecule has 5 nitrogen and oxygen atoms in total. The van der Waals surface area contributed by atoms with Gasteiger partial charge in [-0.05, 0) is 63.3 Å². The van der Waals surface area contributed by atoms with Crippen molar-refractivity contribution in [2.24, 2.45) is 5.92 Å². The summed E-state index contributed by atoms with van der Waals surface area (Å²) in [4.78, 5) is 22.5. The van der Waals surface area contributed by atoms with Crippen LogP contribution in [0.5, 0.6) is 0 Å². The Hall–Kier alpha value is -2.06. The Labute approximate surface area is 186 Å². The lowest BCUT2D eigenvalue weighted by molar-refractivity contribution is 0.0943. The highest BCUT2D eigenvalue weighted by Gasteiger charge is 2.29. The van der Waals surface area contributed by atoms with E-state index in [2.05, 4.69) is 27.0 Å². The summed E-state index contributed by atoms with van der Waals surface area (Å²) in [6, 6.07) is 3.26. The molecule has 2 aromatic rings. The van der Waals surface area contributed by atoms with Crippen LogP contribution in [0.3, 0.4) is 0 Å². The van der Waals surface area contributed by atoms with Gasteiger partial charge in [0.25, 0.3) is 5.91 Å². The van der Waals surface area contributed by atoms with Gasteiger partial charge in [-0.25, -0.2) is 13.8 Å². The number of hydrogen-bond acceptors (Lipinski definition) is 5. The van der Waals surface area contributed by atoms with Gasteiger partial charge in [-0.2, -0.15) is 0 Å². The number of benzene rings is 1. The van der Waals surface area contributed by atoms with Gasteiger partial charge in [0.2, 0.25) is 0 Å². The first-order valence-corrected chi connectivity index (χ1v) is 11.9. The normalized spacial score (nSPS) is 21.8. The maximum Gasteiger partial charge on any atom is 0.263 e. The molecule has 2 saturated heterocycles.